The molecule has 0 radical (unpaired) electrons. The monoisotopic (exact) mass is 352 g/mol. The summed E-state index contributed by atoms with van der Waals surface area (Å²) >= 11 is 5.35. The summed E-state index contributed by atoms with van der Waals surface area (Å²) in [6, 6.07) is 9.16. The van der Waals surface area contributed by atoms with E-state index in [-0.39, 0.29) is 6.04 Å². The van der Waals surface area contributed by atoms with Gasteiger partial charge in [-0.2, -0.15) is 0 Å². The SMILES string of the molecule is CCc1cnc(C(C)NC(CC)c2cccc(Br)c2)s1. The van der Waals surface area contributed by atoms with Crippen LogP contribution in [0, 0.1) is 0 Å². The number of thiazole rings is 1. The number of nitrogens with zero attached hydrogens (tertiary/aromatic N) is 1. The Morgan fingerprint density at radius 3 is 2.75 bits per heavy atom. The van der Waals surface area contributed by atoms with Crippen molar-refractivity contribution >= 4 is 27.3 Å². The molecule has 2 nitrogen and oxygen atoms in total. The maximum atomic E-state index is 4.53. The van der Waals surface area contributed by atoms with Gasteiger partial charge in [0, 0.05) is 21.6 Å². The predicted octanol–water partition coefficient (Wildman–Crippen LogP) is 5.27. The second kappa shape index (κ2) is 7.34. The molecule has 2 atom stereocenters. The molecule has 1 aromatic carbocycles. The number of hydrogen-bond donors (Lipinski definition) is 1. The van der Waals surface area contributed by atoms with Gasteiger partial charge >= 0.3 is 0 Å². The maximum absolute atomic E-state index is 4.53. The number of nitrogens with one attached hydrogen (secondary N) is 1. The normalized spacial score (nSPS) is 14.2. The molecule has 0 fully saturated rings. The summed E-state index contributed by atoms with van der Waals surface area (Å²) in [6.07, 6.45) is 4.12. The molecule has 2 aromatic rings. The molecular weight excluding hydrogens is 332 g/mol. The summed E-state index contributed by atoms with van der Waals surface area (Å²) < 4.78 is 1.13. The second-order valence-electron chi connectivity index (χ2n) is 4.92. The lowest BCUT2D eigenvalue weighted by Crippen LogP contribution is -2.24. The Labute approximate surface area is 133 Å². The van der Waals surface area contributed by atoms with Crippen molar-refractivity contribution < 1.29 is 0 Å². The molecule has 0 aliphatic heterocycles. The van der Waals surface area contributed by atoms with Crippen molar-refractivity contribution in [2.24, 2.45) is 0 Å². The van der Waals surface area contributed by atoms with Gasteiger partial charge in [0.1, 0.15) is 5.01 Å². The zero-order chi connectivity index (χ0) is 14.5. The lowest BCUT2D eigenvalue weighted by atomic mass is 10.0. The fraction of sp³-hybridized carbons (Fsp3) is 0.438. The largest absolute Gasteiger partial charge is 0.301 e. The Kier molecular flexibility index (Phi) is 5.75. The molecule has 2 rings (SSSR count). The van der Waals surface area contributed by atoms with Gasteiger partial charge < -0.3 is 5.32 Å². The molecule has 1 aromatic heterocycles. The molecule has 108 valence electrons. The van der Waals surface area contributed by atoms with Gasteiger partial charge in [0.2, 0.25) is 0 Å². The van der Waals surface area contributed by atoms with Crippen molar-refractivity contribution in [1.29, 1.82) is 0 Å². The van der Waals surface area contributed by atoms with Gasteiger partial charge in [-0.25, -0.2) is 4.98 Å². The van der Waals surface area contributed by atoms with Crippen molar-refractivity contribution in [2.75, 3.05) is 0 Å². The molecule has 0 saturated carbocycles. The lowest BCUT2D eigenvalue weighted by molar-refractivity contribution is 0.455. The molecule has 20 heavy (non-hydrogen) atoms. The lowest BCUT2D eigenvalue weighted by Gasteiger charge is -2.21. The Hall–Kier alpha value is -0.710. The minimum Gasteiger partial charge on any atom is -0.301 e. The van der Waals surface area contributed by atoms with E-state index in [1.165, 1.54) is 15.4 Å². The first-order valence-electron chi connectivity index (χ1n) is 7.10. The maximum Gasteiger partial charge on any atom is 0.109 e. The highest BCUT2D eigenvalue weighted by atomic mass is 79.9. The van der Waals surface area contributed by atoms with E-state index in [4.69, 9.17) is 0 Å². The summed E-state index contributed by atoms with van der Waals surface area (Å²) in [6.45, 7) is 6.58. The Morgan fingerprint density at radius 1 is 1.35 bits per heavy atom. The van der Waals surface area contributed by atoms with E-state index in [0.29, 0.717) is 6.04 Å². The molecule has 0 spiro atoms. The van der Waals surface area contributed by atoms with Crippen LogP contribution in [-0.2, 0) is 6.42 Å². The van der Waals surface area contributed by atoms with E-state index in [9.17, 15) is 0 Å². The van der Waals surface area contributed by atoms with E-state index < -0.39 is 0 Å². The molecule has 1 heterocycles. The number of aromatic nitrogens is 1. The van der Waals surface area contributed by atoms with Gasteiger partial charge in [0.15, 0.2) is 0 Å². The Bertz CT molecular complexity index is 553. The van der Waals surface area contributed by atoms with E-state index in [2.05, 4.69) is 71.3 Å². The van der Waals surface area contributed by atoms with Crippen molar-refractivity contribution in [2.45, 2.75) is 45.7 Å². The fourth-order valence-corrected chi connectivity index (χ4v) is 3.52. The summed E-state index contributed by atoms with van der Waals surface area (Å²) in [7, 11) is 0. The molecule has 0 aliphatic rings. The molecule has 0 bridgehead atoms. The first-order chi connectivity index (χ1) is 9.63. The molecule has 0 aliphatic carbocycles. The molecule has 1 N–H and O–H groups in total. The first-order valence-corrected chi connectivity index (χ1v) is 8.71. The van der Waals surface area contributed by atoms with E-state index in [1.807, 2.05) is 17.5 Å². The Morgan fingerprint density at radius 2 is 2.15 bits per heavy atom. The van der Waals surface area contributed by atoms with Crippen LogP contribution < -0.4 is 5.32 Å². The van der Waals surface area contributed by atoms with Crippen LogP contribution in [0.15, 0.2) is 34.9 Å². The minimum absolute atomic E-state index is 0.282. The van der Waals surface area contributed by atoms with Crippen molar-refractivity contribution in [3.05, 3.63) is 50.4 Å². The van der Waals surface area contributed by atoms with Crippen LogP contribution in [0.5, 0.6) is 0 Å². The van der Waals surface area contributed by atoms with Crippen molar-refractivity contribution in [3.8, 4) is 0 Å². The van der Waals surface area contributed by atoms with Gasteiger partial charge in [-0.15, -0.1) is 11.3 Å². The molecule has 0 saturated heterocycles. The van der Waals surface area contributed by atoms with Crippen LogP contribution in [0.2, 0.25) is 0 Å². The predicted molar refractivity (Wildman–Crippen MR) is 90.2 cm³/mol. The van der Waals surface area contributed by atoms with E-state index in [1.54, 1.807) is 0 Å². The van der Waals surface area contributed by atoms with Gasteiger partial charge in [-0.3, -0.25) is 0 Å². The van der Waals surface area contributed by atoms with Crippen LogP contribution in [0.4, 0.5) is 0 Å². The summed E-state index contributed by atoms with van der Waals surface area (Å²) in [5, 5.41) is 4.87. The van der Waals surface area contributed by atoms with Gasteiger partial charge in [-0.05, 0) is 37.5 Å². The highest BCUT2D eigenvalue weighted by Gasteiger charge is 2.16. The van der Waals surface area contributed by atoms with Crippen molar-refractivity contribution in [3.63, 3.8) is 0 Å². The highest BCUT2D eigenvalue weighted by molar-refractivity contribution is 9.10. The smallest absolute Gasteiger partial charge is 0.109 e. The third-order valence-electron chi connectivity index (χ3n) is 3.40. The molecule has 2 unspecified atom stereocenters. The van der Waals surface area contributed by atoms with E-state index >= 15 is 0 Å². The van der Waals surface area contributed by atoms with Crippen LogP contribution in [0.3, 0.4) is 0 Å². The molecule has 4 heteroatoms. The van der Waals surface area contributed by atoms with Crippen molar-refractivity contribution in [1.82, 2.24) is 10.3 Å². The third-order valence-corrected chi connectivity index (χ3v) is 5.22. The number of aryl methyl sites for hydroxylation is 1. The minimum atomic E-state index is 0.282. The average Bonchev–Trinajstić information content (AvgIpc) is 2.93. The summed E-state index contributed by atoms with van der Waals surface area (Å²) in [4.78, 5) is 5.88. The quantitative estimate of drug-likeness (QED) is 0.765. The third kappa shape index (κ3) is 3.90. The van der Waals surface area contributed by atoms with E-state index in [0.717, 1.165) is 17.3 Å². The van der Waals surface area contributed by atoms with Crippen LogP contribution in [0.1, 0.15) is 54.7 Å². The summed E-state index contributed by atoms with van der Waals surface area (Å²) in [5.74, 6) is 0. The zero-order valence-corrected chi connectivity index (χ0v) is 14.6. The first kappa shape index (κ1) is 15.7. The zero-order valence-electron chi connectivity index (χ0n) is 12.2. The topological polar surface area (TPSA) is 24.9 Å². The fourth-order valence-electron chi connectivity index (χ4n) is 2.23. The second-order valence-corrected chi connectivity index (χ2v) is 6.99. The number of hydrogen-bond acceptors (Lipinski definition) is 3. The van der Waals surface area contributed by atoms with Crippen LogP contribution >= 0.6 is 27.3 Å². The average molecular weight is 353 g/mol. The van der Waals surface area contributed by atoms with Gasteiger partial charge in [0.05, 0.1) is 6.04 Å². The van der Waals surface area contributed by atoms with Crippen LogP contribution in [0.25, 0.3) is 0 Å². The number of halogens is 1. The summed E-state index contributed by atoms with van der Waals surface area (Å²) in [5.41, 5.74) is 1.32. The highest BCUT2D eigenvalue weighted by Crippen LogP contribution is 2.26. The molecular formula is C16H21BrN2S. The molecule has 0 amide bonds. The number of rotatable bonds is 6. The van der Waals surface area contributed by atoms with Gasteiger partial charge in [0.25, 0.3) is 0 Å². The Balaban J connectivity index is 2.09. The number of benzene rings is 1. The van der Waals surface area contributed by atoms with Crippen LogP contribution in [-0.4, -0.2) is 4.98 Å². The standard InChI is InChI=1S/C16H21BrN2S/c1-4-14-10-18-16(20-14)11(3)19-15(5-2)12-7-6-8-13(17)9-12/h6-11,15,19H,4-5H2,1-3H3. The van der Waals surface area contributed by atoms with Gasteiger partial charge in [-0.1, -0.05) is 41.9 Å².